The van der Waals surface area contributed by atoms with Crippen LogP contribution in [-0.4, -0.2) is 70.3 Å². The normalized spacial score (nSPS) is 18.6. The van der Waals surface area contributed by atoms with Gasteiger partial charge in [-0.2, -0.15) is 13.2 Å². The number of nitrogens with zero attached hydrogens (tertiary/aromatic N) is 2. The molecule has 3 atom stereocenters. The predicted molar refractivity (Wildman–Crippen MR) is 128 cm³/mol. The van der Waals surface area contributed by atoms with Gasteiger partial charge in [0.15, 0.2) is 0 Å². The molecule has 3 amide bonds. The zero-order chi connectivity index (χ0) is 27.4. The Balaban J connectivity index is 2.33. The Labute approximate surface area is 212 Å². The summed E-state index contributed by atoms with van der Waals surface area (Å²) in [5.74, 6) is -2.59. The molecule has 1 aliphatic rings. The van der Waals surface area contributed by atoms with Crippen LogP contribution in [0.2, 0.25) is 0 Å². The second-order valence-electron chi connectivity index (χ2n) is 8.64. The number of ether oxygens (including phenoxy) is 1. The number of rotatable bonds is 8. The van der Waals surface area contributed by atoms with Crippen LogP contribution in [0.25, 0.3) is 5.70 Å². The minimum Gasteiger partial charge on any atom is -0.382 e. The van der Waals surface area contributed by atoms with Crippen molar-refractivity contribution in [3.8, 4) is 0 Å². The largest absolute Gasteiger partial charge is 0.438 e. The lowest BCUT2D eigenvalue weighted by Gasteiger charge is -2.48. The standard InChI is InChI=1S/C26H28F3N3O5/c1-17(33)30-25(36,26(27,28)29)23(14-19-10-6-4-7-11-19)32-21(20-12-8-5-9-13-20)15-31(18(2)34)22(16-37-3)24(32)35/h4-13,15,22-23,36H,14,16H2,1-3H3,(H,30,33). The van der Waals surface area contributed by atoms with Gasteiger partial charge in [-0.15, -0.1) is 0 Å². The Morgan fingerprint density at radius 3 is 2.11 bits per heavy atom. The molecular weight excluding hydrogens is 491 g/mol. The van der Waals surface area contributed by atoms with Gasteiger partial charge in [0.05, 0.1) is 18.3 Å². The topological polar surface area (TPSA) is 99.2 Å². The molecule has 2 aromatic rings. The Morgan fingerprint density at radius 2 is 1.62 bits per heavy atom. The van der Waals surface area contributed by atoms with Gasteiger partial charge in [-0.05, 0) is 17.5 Å². The van der Waals surface area contributed by atoms with E-state index in [9.17, 15) is 32.7 Å². The second kappa shape index (κ2) is 11.1. The number of carbonyl (C=O) groups is 3. The summed E-state index contributed by atoms with van der Waals surface area (Å²) < 4.78 is 48.8. The first kappa shape index (κ1) is 27.9. The first-order valence-corrected chi connectivity index (χ1v) is 11.4. The first-order valence-electron chi connectivity index (χ1n) is 11.4. The molecule has 0 radical (unpaired) electrons. The molecule has 0 spiro atoms. The Morgan fingerprint density at radius 1 is 1.05 bits per heavy atom. The summed E-state index contributed by atoms with van der Waals surface area (Å²) >= 11 is 0. The maximum Gasteiger partial charge on any atom is 0.438 e. The van der Waals surface area contributed by atoms with Crippen LogP contribution in [0.3, 0.4) is 0 Å². The van der Waals surface area contributed by atoms with E-state index in [2.05, 4.69) is 0 Å². The molecule has 1 aliphatic heterocycles. The zero-order valence-electron chi connectivity index (χ0n) is 20.5. The van der Waals surface area contributed by atoms with Crippen molar-refractivity contribution in [3.63, 3.8) is 0 Å². The SMILES string of the molecule is COCC1C(=O)N(C(Cc2ccccc2)C(O)(NC(C)=O)C(F)(F)F)C(c2ccccc2)=CN1C(C)=O. The Hall–Kier alpha value is -3.70. The average molecular weight is 520 g/mol. The van der Waals surface area contributed by atoms with E-state index in [4.69, 9.17) is 4.74 Å². The number of methoxy groups -OCH3 is 1. The number of hydrogen-bond acceptors (Lipinski definition) is 5. The van der Waals surface area contributed by atoms with E-state index in [0.29, 0.717) is 11.1 Å². The number of aliphatic hydroxyl groups is 1. The predicted octanol–water partition coefficient (Wildman–Crippen LogP) is 2.69. The number of amides is 3. The van der Waals surface area contributed by atoms with Crippen molar-refractivity contribution in [1.82, 2.24) is 15.1 Å². The molecule has 0 saturated heterocycles. The molecule has 3 unspecified atom stereocenters. The molecular formula is C26H28F3N3O5. The van der Waals surface area contributed by atoms with E-state index < -0.39 is 48.1 Å². The van der Waals surface area contributed by atoms with Gasteiger partial charge in [-0.1, -0.05) is 60.7 Å². The molecule has 1 heterocycles. The van der Waals surface area contributed by atoms with Gasteiger partial charge in [0.2, 0.25) is 11.8 Å². The fraction of sp³-hybridized carbons (Fsp3) is 0.346. The summed E-state index contributed by atoms with van der Waals surface area (Å²) in [6.45, 7) is 1.75. The van der Waals surface area contributed by atoms with Crippen LogP contribution in [0, 0.1) is 0 Å². The number of halogens is 3. The summed E-state index contributed by atoms with van der Waals surface area (Å²) in [6, 6.07) is 12.7. The number of nitrogens with one attached hydrogen (secondary N) is 1. The van der Waals surface area contributed by atoms with Crippen LogP contribution in [-0.2, 0) is 25.5 Å². The van der Waals surface area contributed by atoms with Gasteiger partial charge < -0.3 is 20.1 Å². The highest BCUT2D eigenvalue weighted by Crippen LogP contribution is 2.40. The molecule has 2 aromatic carbocycles. The zero-order valence-corrected chi connectivity index (χ0v) is 20.5. The lowest BCUT2D eigenvalue weighted by molar-refractivity contribution is -0.287. The summed E-state index contributed by atoms with van der Waals surface area (Å²) in [5, 5.41) is 12.8. The van der Waals surface area contributed by atoms with E-state index in [1.54, 1.807) is 66.0 Å². The highest BCUT2D eigenvalue weighted by atomic mass is 19.4. The first-order chi connectivity index (χ1) is 17.4. The van der Waals surface area contributed by atoms with E-state index in [1.807, 2.05) is 0 Å². The van der Waals surface area contributed by atoms with E-state index in [1.165, 1.54) is 20.2 Å². The van der Waals surface area contributed by atoms with Gasteiger partial charge in [0.25, 0.3) is 11.6 Å². The van der Waals surface area contributed by atoms with Gasteiger partial charge >= 0.3 is 6.18 Å². The molecule has 198 valence electrons. The fourth-order valence-electron chi connectivity index (χ4n) is 4.32. The molecule has 0 aromatic heterocycles. The molecule has 2 N–H and O–H groups in total. The molecule has 0 saturated carbocycles. The van der Waals surface area contributed by atoms with Crippen molar-refractivity contribution in [2.45, 2.75) is 44.3 Å². The quantitative estimate of drug-likeness (QED) is 0.523. The molecule has 0 bridgehead atoms. The van der Waals surface area contributed by atoms with Crippen molar-refractivity contribution < 1.29 is 37.4 Å². The van der Waals surface area contributed by atoms with Crippen LogP contribution in [0.4, 0.5) is 13.2 Å². The smallest absolute Gasteiger partial charge is 0.382 e. The third-order valence-corrected chi connectivity index (χ3v) is 6.00. The molecule has 0 aliphatic carbocycles. The average Bonchev–Trinajstić information content (AvgIpc) is 2.84. The summed E-state index contributed by atoms with van der Waals surface area (Å²) in [6.07, 6.45) is -4.59. The maximum atomic E-state index is 14.6. The number of benzene rings is 2. The highest BCUT2D eigenvalue weighted by Gasteiger charge is 2.63. The molecule has 8 nitrogen and oxygen atoms in total. The molecule has 11 heteroatoms. The van der Waals surface area contributed by atoms with E-state index in [-0.39, 0.29) is 12.3 Å². The van der Waals surface area contributed by atoms with E-state index >= 15 is 0 Å². The van der Waals surface area contributed by atoms with E-state index in [0.717, 1.165) is 16.7 Å². The van der Waals surface area contributed by atoms with Crippen molar-refractivity contribution in [2.75, 3.05) is 13.7 Å². The second-order valence-corrected chi connectivity index (χ2v) is 8.64. The Bertz CT molecular complexity index is 1160. The third kappa shape index (κ3) is 5.83. The minimum atomic E-state index is -5.38. The van der Waals surface area contributed by atoms with Crippen LogP contribution in [0.1, 0.15) is 25.0 Å². The Kier molecular flexibility index (Phi) is 8.39. The number of hydrogen-bond donors (Lipinski definition) is 2. The lowest BCUT2D eigenvalue weighted by atomic mass is 9.90. The van der Waals surface area contributed by atoms with Crippen LogP contribution in [0.15, 0.2) is 66.9 Å². The number of alkyl halides is 3. The highest BCUT2D eigenvalue weighted by molar-refractivity contribution is 5.97. The number of carbonyl (C=O) groups excluding carboxylic acids is 3. The summed E-state index contributed by atoms with van der Waals surface area (Å²) in [5.41, 5.74) is -3.20. The van der Waals surface area contributed by atoms with Crippen molar-refractivity contribution in [3.05, 3.63) is 78.0 Å². The third-order valence-electron chi connectivity index (χ3n) is 6.00. The molecule has 3 rings (SSSR count). The van der Waals surface area contributed by atoms with Crippen LogP contribution in [0.5, 0.6) is 0 Å². The van der Waals surface area contributed by atoms with Crippen LogP contribution < -0.4 is 5.32 Å². The fourth-order valence-corrected chi connectivity index (χ4v) is 4.32. The molecule has 37 heavy (non-hydrogen) atoms. The minimum absolute atomic E-state index is 0.0536. The maximum absolute atomic E-state index is 14.6. The van der Waals surface area contributed by atoms with Gasteiger partial charge in [-0.25, -0.2) is 0 Å². The molecule has 0 fully saturated rings. The van der Waals surface area contributed by atoms with Crippen molar-refractivity contribution in [1.29, 1.82) is 0 Å². The lowest BCUT2D eigenvalue weighted by Crippen LogP contribution is -2.72. The summed E-state index contributed by atoms with van der Waals surface area (Å²) in [4.78, 5) is 40.2. The van der Waals surface area contributed by atoms with Gasteiger partial charge in [0, 0.05) is 27.2 Å². The summed E-state index contributed by atoms with van der Waals surface area (Å²) in [7, 11) is 1.29. The van der Waals surface area contributed by atoms with Gasteiger partial charge in [-0.3, -0.25) is 19.3 Å². The van der Waals surface area contributed by atoms with Gasteiger partial charge in [0.1, 0.15) is 6.04 Å². The monoisotopic (exact) mass is 519 g/mol. The van der Waals surface area contributed by atoms with Crippen LogP contribution >= 0.6 is 0 Å². The van der Waals surface area contributed by atoms with Crippen molar-refractivity contribution >= 4 is 23.4 Å². The van der Waals surface area contributed by atoms with Crippen molar-refractivity contribution in [2.24, 2.45) is 0 Å².